The van der Waals surface area contributed by atoms with E-state index in [0.29, 0.717) is 12.3 Å². The lowest BCUT2D eigenvalue weighted by atomic mass is 10.2. The molecule has 96 valence electrons. The average molecular weight is 255 g/mol. The number of rotatable bonds is 7. The van der Waals surface area contributed by atoms with Crippen LogP contribution in [-0.2, 0) is 9.59 Å². The van der Waals surface area contributed by atoms with Gasteiger partial charge in [-0.1, -0.05) is 43.3 Å². The van der Waals surface area contributed by atoms with Crippen molar-refractivity contribution in [1.29, 1.82) is 0 Å². The summed E-state index contributed by atoms with van der Waals surface area (Å²) >= 11 is 1.23. The molecule has 0 aromatic rings. The number of hydrogen-bond acceptors (Lipinski definition) is 3. The molecule has 0 aliphatic heterocycles. The summed E-state index contributed by atoms with van der Waals surface area (Å²) in [5.41, 5.74) is 0.741. The van der Waals surface area contributed by atoms with E-state index in [2.05, 4.69) is 18.3 Å². The van der Waals surface area contributed by atoms with E-state index in [1.807, 2.05) is 19.1 Å². The molecular formula is C13H21NO2S. The van der Waals surface area contributed by atoms with Crippen LogP contribution < -0.4 is 5.32 Å². The van der Waals surface area contributed by atoms with Crippen molar-refractivity contribution in [3.63, 3.8) is 0 Å². The van der Waals surface area contributed by atoms with Crippen LogP contribution in [0.4, 0.5) is 0 Å². The molecule has 1 amide bonds. The highest BCUT2D eigenvalue weighted by Crippen LogP contribution is 2.09. The average Bonchev–Trinajstić information content (AvgIpc) is 2.29. The Balaban J connectivity index is 3.84. The second kappa shape index (κ2) is 10.1. The van der Waals surface area contributed by atoms with Gasteiger partial charge in [0, 0.05) is 24.8 Å². The van der Waals surface area contributed by atoms with Gasteiger partial charge in [0.05, 0.1) is 0 Å². The van der Waals surface area contributed by atoms with E-state index in [9.17, 15) is 9.59 Å². The van der Waals surface area contributed by atoms with Gasteiger partial charge in [0.2, 0.25) is 11.0 Å². The molecule has 0 saturated carbocycles. The summed E-state index contributed by atoms with van der Waals surface area (Å²) in [6, 6.07) is 0. The third-order valence-corrected chi connectivity index (χ3v) is 2.96. The zero-order chi connectivity index (χ0) is 13.1. The molecular weight excluding hydrogens is 234 g/mol. The van der Waals surface area contributed by atoms with Crippen LogP contribution in [0.5, 0.6) is 0 Å². The lowest BCUT2D eigenvalue weighted by Crippen LogP contribution is -2.22. The number of hydrogen-bond donors (Lipinski definition) is 1. The molecule has 1 N–H and O–H groups in total. The van der Waals surface area contributed by atoms with E-state index in [0.717, 1.165) is 18.4 Å². The first-order valence-corrected chi connectivity index (χ1v) is 6.81. The van der Waals surface area contributed by atoms with Gasteiger partial charge in [-0.2, -0.15) is 0 Å². The molecule has 0 heterocycles. The van der Waals surface area contributed by atoms with Gasteiger partial charge in [-0.05, 0) is 13.3 Å². The van der Waals surface area contributed by atoms with Crippen molar-refractivity contribution in [2.45, 2.75) is 33.6 Å². The lowest BCUT2D eigenvalue weighted by molar-refractivity contribution is -0.118. The van der Waals surface area contributed by atoms with Gasteiger partial charge in [-0.15, -0.1) is 0 Å². The molecule has 0 bridgehead atoms. The predicted octanol–water partition coefficient (Wildman–Crippen LogP) is 2.68. The van der Waals surface area contributed by atoms with Crippen molar-refractivity contribution in [3.8, 4) is 0 Å². The molecule has 0 radical (unpaired) electrons. The quantitative estimate of drug-likeness (QED) is 0.432. The van der Waals surface area contributed by atoms with Crippen LogP contribution >= 0.6 is 11.8 Å². The fourth-order valence-electron chi connectivity index (χ4n) is 1.03. The van der Waals surface area contributed by atoms with Crippen molar-refractivity contribution in [3.05, 3.63) is 23.8 Å². The second-order valence-corrected chi connectivity index (χ2v) is 4.75. The highest BCUT2D eigenvalue weighted by atomic mass is 32.2. The number of thioether (sulfide) groups is 1. The SMILES string of the molecule is CCCC=CC=C(C)C(=O)SCCNC(C)=O. The Kier molecular flexibility index (Phi) is 9.53. The molecule has 0 atom stereocenters. The van der Waals surface area contributed by atoms with Crippen LogP contribution in [0.1, 0.15) is 33.6 Å². The maximum Gasteiger partial charge on any atom is 0.216 e. The van der Waals surface area contributed by atoms with Gasteiger partial charge in [0.1, 0.15) is 0 Å². The van der Waals surface area contributed by atoms with Crippen LogP contribution in [0.15, 0.2) is 23.8 Å². The minimum absolute atomic E-state index is 0.0622. The van der Waals surface area contributed by atoms with Crippen molar-refractivity contribution in [1.82, 2.24) is 5.32 Å². The molecule has 0 aromatic heterocycles. The number of nitrogens with one attached hydrogen (secondary N) is 1. The van der Waals surface area contributed by atoms with Crippen molar-refractivity contribution < 1.29 is 9.59 Å². The van der Waals surface area contributed by atoms with Gasteiger partial charge in [0.15, 0.2) is 0 Å². The molecule has 0 aliphatic rings. The number of amides is 1. The van der Waals surface area contributed by atoms with Crippen LogP contribution in [0, 0.1) is 0 Å². The molecule has 0 spiro atoms. The molecule has 17 heavy (non-hydrogen) atoms. The molecule has 0 rings (SSSR count). The number of allylic oxidation sites excluding steroid dienone is 3. The first kappa shape index (κ1) is 16.0. The minimum atomic E-state index is -0.0622. The molecule has 0 aromatic carbocycles. The van der Waals surface area contributed by atoms with Crippen molar-refractivity contribution >= 4 is 22.8 Å². The zero-order valence-electron chi connectivity index (χ0n) is 10.8. The first-order chi connectivity index (χ1) is 8.07. The van der Waals surface area contributed by atoms with Crippen LogP contribution in [-0.4, -0.2) is 23.3 Å². The van der Waals surface area contributed by atoms with Crippen molar-refractivity contribution in [2.24, 2.45) is 0 Å². The van der Waals surface area contributed by atoms with Gasteiger partial charge in [-0.3, -0.25) is 9.59 Å². The summed E-state index contributed by atoms with van der Waals surface area (Å²) in [5.74, 6) is 0.551. The van der Waals surface area contributed by atoms with E-state index >= 15 is 0 Å². The fourth-order valence-corrected chi connectivity index (χ4v) is 1.71. The van der Waals surface area contributed by atoms with E-state index in [1.54, 1.807) is 0 Å². The summed E-state index contributed by atoms with van der Waals surface area (Å²) in [5, 5.41) is 2.72. The maximum atomic E-state index is 11.6. The third-order valence-electron chi connectivity index (χ3n) is 1.97. The third kappa shape index (κ3) is 9.87. The molecule has 0 fully saturated rings. The molecule has 4 heteroatoms. The number of carbonyl (C=O) groups excluding carboxylic acids is 2. The maximum absolute atomic E-state index is 11.6. The van der Waals surface area contributed by atoms with E-state index < -0.39 is 0 Å². The number of carbonyl (C=O) groups is 2. The Morgan fingerprint density at radius 2 is 2.00 bits per heavy atom. The largest absolute Gasteiger partial charge is 0.356 e. The zero-order valence-corrected chi connectivity index (χ0v) is 11.6. The predicted molar refractivity (Wildman–Crippen MR) is 74.0 cm³/mol. The van der Waals surface area contributed by atoms with Crippen LogP contribution in [0.2, 0.25) is 0 Å². The topological polar surface area (TPSA) is 46.2 Å². The monoisotopic (exact) mass is 255 g/mol. The van der Waals surface area contributed by atoms with Crippen molar-refractivity contribution in [2.75, 3.05) is 12.3 Å². The molecule has 0 aliphatic carbocycles. The summed E-state index contributed by atoms with van der Waals surface area (Å²) in [6.45, 7) is 5.93. The van der Waals surface area contributed by atoms with Crippen LogP contribution in [0.3, 0.4) is 0 Å². The Hall–Kier alpha value is -1.03. The Morgan fingerprint density at radius 1 is 1.29 bits per heavy atom. The van der Waals surface area contributed by atoms with E-state index in [-0.39, 0.29) is 11.0 Å². The highest BCUT2D eigenvalue weighted by Gasteiger charge is 2.03. The lowest BCUT2D eigenvalue weighted by Gasteiger charge is -2.01. The van der Waals surface area contributed by atoms with Gasteiger partial charge >= 0.3 is 0 Å². The summed E-state index contributed by atoms with van der Waals surface area (Å²) in [7, 11) is 0. The fraction of sp³-hybridized carbons (Fsp3) is 0.538. The summed E-state index contributed by atoms with van der Waals surface area (Å²) < 4.78 is 0. The standard InChI is InChI=1S/C13H21NO2S/c1-4-5-6-7-8-11(2)13(16)17-10-9-14-12(3)15/h6-8H,4-5,9-10H2,1-3H3,(H,14,15). The summed E-state index contributed by atoms with van der Waals surface area (Å²) in [6.07, 6.45) is 7.96. The minimum Gasteiger partial charge on any atom is -0.356 e. The second-order valence-electron chi connectivity index (χ2n) is 3.69. The Bertz CT molecular complexity index is 309. The van der Waals surface area contributed by atoms with Gasteiger partial charge in [0.25, 0.3) is 0 Å². The van der Waals surface area contributed by atoms with Gasteiger partial charge in [-0.25, -0.2) is 0 Å². The Labute approximate surface area is 108 Å². The van der Waals surface area contributed by atoms with E-state index in [1.165, 1.54) is 18.7 Å². The number of unbranched alkanes of at least 4 members (excludes halogenated alkanes) is 1. The molecule has 3 nitrogen and oxygen atoms in total. The summed E-state index contributed by atoms with van der Waals surface area (Å²) in [4.78, 5) is 22.2. The van der Waals surface area contributed by atoms with Crippen LogP contribution in [0.25, 0.3) is 0 Å². The Morgan fingerprint density at radius 3 is 2.59 bits per heavy atom. The van der Waals surface area contributed by atoms with Gasteiger partial charge < -0.3 is 5.32 Å². The highest BCUT2D eigenvalue weighted by molar-refractivity contribution is 8.14. The first-order valence-electron chi connectivity index (χ1n) is 5.83. The molecule has 0 saturated heterocycles. The molecule has 0 unspecified atom stereocenters. The van der Waals surface area contributed by atoms with E-state index in [4.69, 9.17) is 0 Å². The normalized spacial score (nSPS) is 11.8. The smallest absolute Gasteiger partial charge is 0.216 e.